The topological polar surface area (TPSA) is 15.3 Å². The van der Waals surface area contributed by atoms with Gasteiger partial charge in [-0.15, -0.1) is 0 Å². The van der Waals surface area contributed by atoms with Crippen LogP contribution in [-0.4, -0.2) is 38.1 Å². The van der Waals surface area contributed by atoms with E-state index in [0.717, 1.165) is 0 Å². The van der Waals surface area contributed by atoms with Gasteiger partial charge in [0.25, 0.3) is 0 Å². The van der Waals surface area contributed by atoms with Crippen LogP contribution in [0.5, 0.6) is 0 Å². The van der Waals surface area contributed by atoms with E-state index in [1.807, 2.05) is 0 Å². The number of likely N-dealkylation sites (tertiary alicyclic amines) is 1. The Hall–Kier alpha value is -0.0800. The SMILES string of the molecule is CCCCCNCC1(C)CCN(C)CC1. The Morgan fingerprint density at radius 1 is 1.20 bits per heavy atom. The van der Waals surface area contributed by atoms with Gasteiger partial charge in [-0.1, -0.05) is 26.7 Å². The van der Waals surface area contributed by atoms with Crippen molar-refractivity contribution < 1.29 is 0 Å². The molecule has 0 aromatic carbocycles. The molecule has 0 spiro atoms. The molecule has 2 nitrogen and oxygen atoms in total. The van der Waals surface area contributed by atoms with Gasteiger partial charge in [0, 0.05) is 6.54 Å². The van der Waals surface area contributed by atoms with Gasteiger partial charge in [-0.05, 0) is 51.4 Å². The summed E-state index contributed by atoms with van der Waals surface area (Å²) < 4.78 is 0. The van der Waals surface area contributed by atoms with Crippen LogP contribution in [0.4, 0.5) is 0 Å². The van der Waals surface area contributed by atoms with Crippen molar-refractivity contribution in [2.45, 2.75) is 46.0 Å². The van der Waals surface area contributed by atoms with Gasteiger partial charge in [0.1, 0.15) is 0 Å². The van der Waals surface area contributed by atoms with E-state index in [0.29, 0.717) is 5.41 Å². The smallest absolute Gasteiger partial charge is 0.000612 e. The van der Waals surface area contributed by atoms with Crippen LogP contribution in [0.25, 0.3) is 0 Å². The molecule has 0 aromatic heterocycles. The molecule has 0 aromatic rings. The highest BCUT2D eigenvalue weighted by Gasteiger charge is 2.27. The average molecular weight is 212 g/mol. The van der Waals surface area contributed by atoms with Gasteiger partial charge in [0.05, 0.1) is 0 Å². The highest BCUT2D eigenvalue weighted by molar-refractivity contribution is 4.83. The fourth-order valence-corrected chi connectivity index (χ4v) is 2.23. The summed E-state index contributed by atoms with van der Waals surface area (Å²) in [5.41, 5.74) is 0.554. The van der Waals surface area contributed by atoms with Crippen molar-refractivity contribution in [1.82, 2.24) is 10.2 Å². The van der Waals surface area contributed by atoms with Gasteiger partial charge in [-0.3, -0.25) is 0 Å². The quantitative estimate of drug-likeness (QED) is 0.681. The van der Waals surface area contributed by atoms with E-state index in [1.165, 1.54) is 58.3 Å². The molecule has 2 heteroatoms. The van der Waals surface area contributed by atoms with Crippen molar-refractivity contribution >= 4 is 0 Å². The van der Waals surface area contributed by atoms with Gasteiger partial charge in [0.15, 0.2) is 0 Å². The van der Waals surface area contributed by atoms with Crippen molar-refractivity contribution in [2.24, 2.45) is 5.41 Å². The summed E-state index contributed by atoms with van der Waals surface area (Å²) in [6.45, 7) is 9.66. The Bertz CT molecular complexity index is 160. The number of piperidine rings is 1. The summed E-state index contributed by atoms with van der Waals surface area (Å²) in [6.07, 6.45) is 6.73. The number of nitrogens with zero attached hydrogens (tertiary/aromatic N) is 1. The summed E-state index contributed by atoms with van der Waals surface area (Å²) in [7, 11) is 2.23. The van der Waals surface area contributed by atoms with E-state index < -0.39 is 0 Å². The lowest BCUT2D eigenvalue weighted by molar-refractivity contribution is 0.137. The van der Waals surface area contributed by atoms with Crippen LogP contribution >= 0.6 is 0 Å². The summed E-state index contributed by atoms with van der Waals surface area (Å²) in [5, 5.41) is 3.63. The first-order valence-corrected chi connectivity index (χ1v) is 6.55. The molecule has 1 saturated heterocycles. The first-order chi connectivity index (χ1) is 7.16. The third-order valence-electron chi connectivity index (χ3n) is 3.70. The monoisotopic (exact) mass is 212 g/mol. The zero-order valence-electron chi connectivity index (χ0n) is 10.8. The maximum absolute atomic E-state index is 3.63. The van der Waals surface area contributed by atoms with Crippen LogP contribution in [0, 0.1) is 5.41 Å². The fourth-order valence-electron chi connectivity index (χ4n) is 2.23. The minimum atomic E-state index is 0.554. The van der Waals surface area contributed by atoms with Crippen LogP contribution in [0.3, 0.4) is 0 Å². The first-order valence-electron chi connectivity index (χ1n) is 6.55. The highest BCUT2D eigenvalue weighted by atomic mass is 15.1. The molecule has 0 radical (unpaired) electrons. The van der Waals surface area contributed by atoms with Crippen molar-refractivity contribution in [1.29, 1.82) is 0 Å². The fraction of sp³-hybridized carbons (Fsp3) is 1.00. The third-order valence-corrected chi connectivity index (χ3v) is 3.70. The van der Waals surface area contributed by atoms with Crippen molar-refractivity contribution in [3.05, 3.63) is 0 Å². The molecule has 0 aliphatic carbocycles. The van der Waals surface area contributed by atoms with E-state index in [2.05, 4.69) is 31.1 Å². The molecule has 90 valence electrons. The number of hydrogen-bond donors (Lipinski definition) is 1. The molecule has 1 fully saturated rings. The third kappa shape index (κ3) is 4.98. The summed E-state index contributed by atoms with van der Waals surface area (Å²) in [6, 6.07) is 0. The lowest BCUT2D eigenvalue weighted by Crippen LogP contribution is -2.42. The van der Waals surface area contributed by atoms with Gasteiger partial charge < -0.3 is 10.2 Å². The molecular formula is C13H28N2. The van der Waals surface area contributed by atoms with Crippen LogP contribution in [0.15, 0.2) is 0 Å². The highest BCUT2D eigenvalue weighted by Crippen LogP contribution is 2.29. The Balaban J connectivity index is 2.08. The number of rotatable bonds is 6. The molecule has 0 bridgehead atoms. The average Bonchev–Trinajstić information content (AvgIpc) is 2.23. The zero-order valence-corrected chi connectivity index (χ0v) is 10.8. The maximum atomic E-state index is 3.63. The van der Waals surface area contributed by atoms with Gasteiger partial charge in [-0.25, -0.2) is 0 Å². The second kappa shape index (κ2) is 6.49. The van der Waals surface area contributed by atoms with E-state index in [1.54, 1.807) is 0 Å². The van der Waals surface area contributed by atoms with E-state index in [4.69, 9.17) is 0 Å². The Morgan fingerprint density at radius 2 is 1.87 bits per heavy atom. The predicted molar refractivity (Wildman–Crippen MR) is 67.2 cm³/mol. The Labute approximate surface area is 95.4 Å². The van der Waals surface area contributed by atoms with Gasteiger partial charge >= 0.3 is 0 Å². The predicted octanol–water partition coefficient (Wildman–Crippen LogP) is 2.50. The normalized spacial score (nSPS) is 21.8. The molecule has 0 atom stereocenters. The second-order valence-corrected chi connectivity index (χ2v) is 5.50. The molecular weight excluding hydrogens is 184 g/mol. The van der Waals surface area contributed by atoms with E-state index >= 15 is 0 Å². The van der Waals surface area contributed by atoms with Crippen LogP contribution < -0.4 is 5.32 Å². The van der Waals surface area contributed by atoms with Crippen molar-refractivity contribution in [3.63, 3.8) is 0 Å². The molecule has 0 saturated carbocycles. The standard InChI is InChI=1S/C13H28N2/c1-4-5-6-9-14-12-13(2)7-10-15(3)11-8-13/h14H,4-12H2,1-3H3. The van der Waals surface area contributed by atoms with Crippen molar-refractivity contribution in [3.8, 4) is 0 Å². The van der Waals surface area contributed by atoms with Crippen LogP contribution in [0.2, 0.25) is 0 Å². The summed E-state index contributed by atoms with van der Waals surface area (Å²) >= 11 is 0. The molecule has 0 amide bonds. The van der Waals surface area contributed by atoms with Crippen molar-refractivity contribution in [2.75, 3.05) is 33.2 Å². The lowest BCUT2D eigenvalue weighted by atomic mass is 9.80. The lowest BCUT2D eigenvalue weighted by Gasteiger charge is -2.38. The summed E-state index contributed by atoms with van der Waals surface area (Å²) in [4.78, 5) is 2.44. The maximum Gasteiger partial charge on any atom is 0.000612 e. The van der Waals surface area contributed by atoms with E-state index in [9.17, 15) is 0 Å². The minimum Gasteiger partial charge on any atom is -0.316 e. The van der Waals surface area contributed by atoms with Crippen LogP contribution in [-0.2, 0) is 0 Å². The molecule has 1 heterocycles. The molecule has 1 rings (SSSR count). The Kier molecular flexibility index (Phi) is 5.62. The zero-order chi connectivity index (χ0) is 11.1. The first kappa shape index (κ1) is 13.0. The van der Waals surface area contributed by atoms with Gasteiger partial charge in [0.2, 0.25) is 0 Å². The molecule has 0 unspecified atom stereocenters. The molecule has 15 heavy (non-hydrogen) atoms. The van der Waals surface area contributed by atoms with Gasteiger partial charge in [-0.2, -0.15) is 0 Å². The minimum absolute atomic E-state index is 0.554. The second-order valence-electron chi connectivity index (χ2n) is 5.50. The molecule has 1 aliphatic heterocycles. The number of hydrogen-bond acceptors (Lipinski definition) is 2. The Morgan fingerprint density at radius 3 is 2.47 bits per heavy atom. The largest absolute Gasteiger partial charge is 0.316 e. The molecule has 1 N–H and O–H groups in total. The van der Waals surface area contributed by atoms with E-state index in [-0.39, 0.29) is 0 Å². The number of nitrogens with one attached hydrogen (secondary N) is 1. The molecule has 1 aliphatic rings. The van der Waals surface area contributed by atoms with Crippen LogP contribution in [0.1, 0.15) is 46.0 Å². The summed E-state index contributed by atoms with van der Waals surface area (Å²) in [5.74, 6) is 0. The number of unbranched alkanes of at least 4 members (excludes halogenated alkanes) is 2.